The maximum Gasteiger partial charge on any atom is 0.183 e. The van der Waals surface area contributed by atoms with Crippen molar-refractivity contribution in [1.82, 2.24) is 0 Å². The number of ether oxygens (including phenoxy) is 4. The molecule has 0 aromatic carbocycles. The van der Waals surface area contributed by atoms with Crippen molar-refractivity contribution in [3.63, 3.8) is 0 Å². The molecular formula is C12H24O4. The van der Waals surface area contributed by atoms with Crippen LogP contribution >= 0.6 is 0 Å². The highest BCUT2D eigenvalue weighted by molar-refractivity contribution is 4.84. The summed E-state index contributed by atoms with van der Waals surface area (Å²) in [7, 11) is 4.89. The highest BCUT2D eigenvalue weighted by atomic mass is 16.7. The van der Waals surface area contributed by atoms with Crippen molar-refractivity contribution in [1.29, 1.82) is 0 Å². The van der Waals surface area contributed by atoms with E-state index in [4.69, 9.17) is 18.9 Å². The van der Waals surface area contributed by atoms with Gasteiger partial charge in [-0.25, -0.2) is 0 Å². The van der Waals surface area contributed by atoms with E-state index in [1.54, 1.807) is 21.3 Å². The molecule has 0 N–H and O–H groups in total. The summed E-state index contributed by atoms with van der Waals surface area (Å²) in [5.74, 6) is 0.174. The van der Waals surface area contributed by atoms with Crippen LogP contribution in [0.4, 0.5) is 0 Å². The average molecular weight is 232 g/mol. The second-order valence-corrected chi connectivity index (χ2v) is 3.62. The summed E-state index contributed by atoms with van der Waals surface area (Å²) in [5.41, 5.74) is 0. The van der Waals surface area contributed by atoms with Gasteiger partial charge >= 0.3 is 0 Å². The summed E-state index contributed by atoms with van der Waals surface area (Å²) in [4.78, 5) is 0. The van der Waals surface area contributed by atoms with Crippen LogP contribution in [0, 0.1) is 5.92 Å². The smallest absolute Gasteiger partial charge is 0.183 e. The zero-order valence-electron chi connectivity index (χ0n) is 10.8. The van der Waals surface area contributed by atoms with Crippen LogP contribution in [0.5, 0.6) is 0 Å². The molecule has 0 spiro atoms. The standard InChI is InChI=1S/C12H24O4/c1-6-10(2)11(12(14-4)15-5)16-9-7-8-13-3/h6,10-12H,1,7-9H2,2-5H3. The van der Waals surface area contributed by atoms with Crippen molar-refractivity contribution in [3.05, 3.63) is 12.7 Å². The number of methoxy groups -OCH3 is 3. The van der Waals surface area contributed by atoms with Crippen LogP contribution in [-0.4, -0.2) is 46.9 Å². The molecule has 0 radical (unpaired) electrons. The van der Waals surface area contributed by atoms with Crippen molar-refractivity contribution in [2.24, 2.45) is 5.92 Å². The molecule has 0 aliphatic heterocycles. The molecule has 0 fully saturated rings. The monoisotopic (exact) mass is 232 g/mol. The quantitative estimate of drug-likeness (QED) is 0.327. The lowest BCUT2D eigenvalue weighted by Gasteiger charge is -2.28. The molecule has 2 atom stereocenters. The minimum atomic E-state index is -0.365. The molecule has 0 aliphatic rings. The van der Waals surface area contributed by atoms with E-state index in [2.05, 4.69) is 6.58 Å². The van der Waals surface area contributed by atoms with Crippen LogP contribution in [-0.2, 0) is 18.9 Å². The van der Waals surface area contributed by atoms with Crippen molar-refractivity contribution in [2.45, 2.75) is 25.7 Å². The topological polar surface area (TPSA) is 36.9 Å². The van der Waals surface area contributed by atoms with Gasteiger partial charge in [-0.05, 0) is 6.42 Å². The van der Waals surface area contributed by atoms with Gasteiger partial charge in [-0.2, -0.15) is 0 Å². The molecule has 0 heterocycles. The fourth-order valence-corrected chi connectivity index (χ4v) is 1.40. The molecule has 0 aromatic heterocycles. The minimum Gasteiger partial charge on any atom is -0.385 e. The summed E-state index contributed by atoms with van der Waals surface area (Å²) >= 11 is 0. The number of hydrogen-bond donors (Lipinski definition) is 0. The van der Waals surface area contributed by atoms with E-state index >= 15 is 0 Å². The van der Waals surface area contributed by atoms with Crippen LogP contribution in [0.1, 0.15) is 13.3 Å². The van der Waals surface area contributed by atoms with Gasteiger partial charge in [-0.15, -0.1) is 6.58 Å². The Morgan fingerprint density at radius 2 is 1.75 bits per heavy atom. The fourth-order valence-electron chi connectivity index (χ4n) is 1.40. The lowest BCUT2D eigenvalue weighted by Crippen LogP contribution is -2.37. The summed E-state index contributed by atoms with van der Waals surface area (Å²) in [5, 5.41) is 0. The van der Waals surface area contributed by atoms with Gasteiger partial charge in [0.1, 0.15) is 6.10 Å². The van der Waals surface area contributed by atoms with Crippen molar-refractivity contribution in [2.75, 3.05) is 34.5 Å². The summed E-state index contributed by atoms with van der Waals surface area (Å²) in [6, 6.07) is 0. The lowest BCUT2D eigenvalue weighted by molar-refractivity contribution is -0.190. The maximum absolute atomic E-state index is 5.74. The van der Waals surface area contributed by atoms with E-state index < -0.39 is 0 Å². The van der Waals surface area contributed by atoms with Gasteiger partial charge in [0.25, 0.3) is 0 Å². The van der Waals surface area contributed by atoms with Gasteiger partial charge in [0.2, 0.25) is 0 Å². The van der Waals surface area contributed by atoms with E-state index in [1.165, 1.54) is 0 Å². The molecule has 0 bridgehead atoms. The van der Waals surface area contributed by atoms with Crippen molar-refractivity contribution < 1.29 is 18.9 Å². The van der Waals surface area contributed by atoms with Gasteiger partial charge in [-0.3, -0.25) is 0 Å². The third-order valence-electron chi connectivity index (χ3n) is 2.43. The first-order valence-electron chi connectivity index (χ1n) is 5.49. The Labute approximate surface area is 98.5 Å². The van der Waals surface area contributed by atoms with Gasteiger partial charge in [0.15, 0.2) is 6.29 Å². The summed E-state index contributed by atoms with van der Waals surface area (Å²) in [6.07, 6.45) is 2.20. The van der Waals surface area contributed by atoms with Crippen LogP contribution in [0.15, 0.2) is 12.7 Å². The molecule has 0 amide bonds. The van der Waals surface area contributed by atoms with Crippen LogP contribution in [0.25, 0.3) is 0 Å². The highest BCUT2D eigenvalue weighted by Crippen LogP contribution is 2.16. The van der Waals surface area contributed by atoms with Crippen LogP contribution < -0.4 is 0 Å². The number of rotatable bonds is 10. The highest BCUT2D eigenvalue weighted by Gasteiger charge is 2.25. The fraction of sp³-hybridized carbons (Fsp3) is 0.833. The van der Waals surface area contributed by atoms with Gasteiger partial charge < -0.3 is 18.9 Å². The third-order valence-corrected chi connectivity index (χ3v) is 2.43. The van der Waals surface area contributed by atoms with Gasteiger partial charge in [-0.1, -0.05) is 13.0 Å². The number of hydrogen-bond acceptors (Lipinski definition) is 4. The first kappa shape index (κ1) is 15.6. The molecule has 96 valence electrons. The Morgan fingerprint density at radius 3 is 2.19 bits per heavy atom. The lowest BCUT2D eigenvalue weighted by atomic mass is 10.0. The second kappa shape index (κ2) is 9.78. The molecule has 0 aromatic rings. The molecule has 16 heavy (non-hydrogen) atoms. The molecule has 4 nitrogen and oxygen atoms in total. The first-order chi connectivity index (χ1) is 7.71. The largest absolute Gasteiger partial charge is 0.385 e. The van der Waals surface area contributed by atoms with E-state index in [-0.39, 0.29) is 18.3 Å². The zero-order valence-corrected chi connectivity index (χ0v) is 10.8. The molecule has 0 saturated carbocycles. The average Bonchev–Trinajstić information content (AvgIpc) is 2.32. The van der Waals surface area contributed by atoms with E-state index in [0.29, 0.717) is 13.2 Å². The van der Waals surface area contributed by atoms with Gasteiger partial charge in [0.05, 0.1) is 0 Å². The molecule has 0 aliphatic carbocycles. The predicted octanol–water partition coefficient (Wildman–Crippen LogP) is 1.85. The van der Waals surface area contributed by atoms with Crippen molar-refractivity contribution >= 4 is 0 Å². The van der Waals surface area contributed by atoms with Gasteiger partial charge in [0, 0.05) is 40.5 Å². The van der Waals surface area contributed by atoms with Crippen LogP contribution in [0.3, 0.4) is 0 Å². The Kier molecular flexibility index (Phi) is 9.52. The molecule has 0 rings (SSSR count). The van der Waals surface area contributed by atoms with E-state index in [0.717, 1.165) is 6.42 Å². The first-order valence-corrected chi connectivity index (χ1v) is 5.49. The van der Waals surface area contributed by atoms with Crippen LogP contribution in [0.2, 0.25) is 0 Å². The zero-order chi connectivity index (χ0) is 12.4. The maximum atomic E-state index is 5.74. The SMILES string of the molecule is C=CC(C)C(OCCCOC)C(OC)OC. The summed E-state index contributed by atoms with van der Waals surface area (Å²) in [6.45, 7) is 7.11. The minimum absolute atomic E-state index is 0.135. The summed E-state index contributed by atoms with van der Waals surface area (Å²) < 4.78 is 21.1. The molecule has 4 heteroatoms. The van der Waals surface area contributed by atoms with E-state index in [1.807, 2.05) is 13.0 Å². The predicted molar refractivity (Wildman–Crippen MR) is 63.4 cm³/mol. The Morgan fingerprint density at radius 1 is 1.12 bits per heavy atom. The molecular weight excluding hydrogens is 208 g/mol. The van der Waals surface area contributed by atoms with Crippen molar-refractivity contribution in [3.8, 4) is 0 Å². The molecule has 2 unspecified atom stereocenters. The third kappa shape index (κ3) is 5.61. The second-order valence-electron chi connectivity index (χ2n) is 3.62. The Balaban J connectivity index is 4.14. The molecule has 0 saturated heterocycles. The van der Waals surface area contributed by atoms with E-state index in [9.17, 15) is 0 Å². The Bertz CT molecular complexity index is 168. The normalized spacial score (nSPS) is 15.1. The Hall–Kier alpha value is -0.420.